The van der Waals surface area contributed by atoms with Gasteiger partial charge in [0.2, 0.25) is 11.8 Å². The molecule has 1 unspecified atom stereocenters. The molecule has 2 heterocycles. The van der Waals surface area contributed by atoms with Crippen molar-refractivity contribution in [2.45, 2.75) is 25.2 Å². The molecule has 0 fully saturated rings. The zero-order chi connectivity index (χ0) is 18.0. The molecule has 0 spiro atoms. The standard InChI is InChI=1S/C15H12F4N2O3S/c16-10-5-8(1-2-11(10)24-15(17,18)19)6-20-13(22)9-3-4-23-14-12(9)25-7-21-14/h1-2,5,7,9H,3-4,6H2,(H,20,22). The number of carbonyl (C=O) groups is 1. The van der Waals surface area contributed by atoms with Crippen molar-refractivity contribution in [2.75, 3.05) is 6.61 Å². The van der Waals surface area contributed by atoms with Crippen LogP contribution < -0.4 is 14.8 Å². The summed E-state index contributed by atoms with van der Waals surface area (Å²) >= 11 is 1.31. The highest BCUT2D eigenvalue weighted by Gasteiger charge is 2.32. The maximum Gasteiger partial charge on any atom is 0.573 e. The molecule has 3 rings (SSSR count). The summed E-state index contributed by atoms with van der Waals surface area (Å²) in [5, 5.41) is 2.65. The van der Waals surface area contributed by atoms with Crippen LogP contribution in [-0.2, 0) is 11.3 Å². The Hall–Kier alpha value is -2.36. The van der Waals surface area contributed by atoms with Crippen LogP contribution in [0.2, 0.25) is 0 Å². The molecule has 25 heavy (non-hydrogen) atoms. The zero-order valence-corrected chi connectivity index (χ0v) is 13.4. The Morgan fingerprint density at radius 2 is 2.24 bits per heavy atom. The van der Waals surface area contributed by atoms with Gasteiger partial charge in [0.05, 0.1) is 22.9 Å². The van der Waals surface area contributed by atoms with Crippen LogP contribution in [0.5, 0.6) is 11.6 Å². The third kappa shape index (κ3) is 4.19. The highest BCUT2D eigenvalue weighted by molar-refractivity contribution is 7.10. The van der Waals surface area contributed by atoms with Gasteiger partial charge in [-0.1, -0.05) is 6.07 Å². The summed E-state index contributed by atoms with van der Waals surface area (Å²) in [7, 11) is 0. The van der Waals surface area contributed by atoms with E-state index in [1.165, 1.54) is 17.4 Å². The van der Waals surface area contributed by atoms with Gasteiger partial charge >= 0.3 is 6.36 Å². The molecule has 0 aliphatic carbocycles. The van der Waals surface area contributed by atoms with Gasteiger partial charge in [0, 0.05) is 6.54 Å². The summed E-state index contributed by atoms with van der Waals surface area (Å²) in [4.78, 5) is 17.1. The minimum atomic E-state index is -4.97. The minimum absolute atomic E-state index is 0.0203. The van der Waals surface area contributed by atoms with Crippen LogP contribution in [0, 0.1) is 5.82 Å². The fourth-order valence-electron chi connectivity index (χ4n) is 2.41. The van der Waals surface area contributed by atoms with Crippen molar-refractivity contribution in [1.29, 1.82) is 0 Å². The van der Waals surface area contributed by atoms with Gasteiger partial charge in [-0.05, 0) is 24.1 Å². The van der Waals surface area contributed by atoms with Crippen LogP contribution >= 0.6 is 11.3 Å². The molecule has 0 saturated heterocycles. The van der Waals surface area contributed by atoms with E-state index < -0.39 is 23.8 Å². The molecule has 1 amide bonds. The van der Waals surface area contributed by atoms with Crippen molar-refractivity contribution >= 4 is 17.2 Å². The molecular formula is C15H12F4N2O3S. The van der Waals surface area contributed by atoms with Gasteiger partial charge in [-0.3, -0.25) is 4.79 Å². The number of aromatic nitrogens is 1. The summed E-state index contributed by atoms with van der Waals surface area (Å²) in [5.41, 5.74) is 1.90. The second kappa shape index (κ2) is 6.87. The molecule has 5 nitrogen and oxygen atoms in total. The Morgan fingerprint density at radius 1 is 1.44 bits per heavy atom. The lowest BCUT2D eigenvalue weighted by Crippen LogP contribution is -2.31. The number of hydrogen-bond donors (Lipinski definition) is 1. The van der Waals surface area contributed by atoms with Crippen molar-refractivity contribution in [2.24, 2.45) is 0 Å². The fourth-order valence-corrected chi connectivity index (χ4v) is 3.28. The van der Waals surface area contributed by atoms with Crippen molar-refractivity contribution in [3.63, 3.8) is 0 Å². The van der Waals surface area contributed by atoms with Gasteiger partial charge in [0.1, 0.15) is 0 Å². The third-order valence-corrected chi connectivity index (χ3v) is 4.45. The predicted molar refractivity (Wildman–Crippen MR) is 79.9 cm³/mol. The smallest absolute Gasteiger partial charge is 0.477 e. The molecule has 1 aliphatic heterocycles. The van der Waals surface area contributed by atoms with Crippen LogP contribution in [0.1, 0.15) is 22.8 Å². The SMILES string of the molecule is O=C(NCc1ccc(OC(F)(F)F)c(F)c1)C1CCOc2ncsc21. The third-order valence-electron chi connectivity index (χ3n) is 3.53. The molecule has 1 atom stereocenters. The van der Waals surface area contributed by atoms with E-state index in [-0.39, 0.29) is 12.5 Å². The van der Waals surface area contributed by atoms with Gasteiger partial charge in [-0.25, -0.2) is 9.37 Å². The van der Waals surface area contributed by atoms with E-state index in [2.05, 4.69) is 15.0 Å². The largest absolute Gasteiger partial charge is 0.573 e. The molecule has 0 bridgehead atoms. The number of benzene rings is 1. The number of thiazole rings is 1. The molecule has 134 valence electrons. The first-order valence-electron chi connectivity index (χ1n) is 7.21. The van der Waals surface area contributed by atoms with Crippen LogP contribution in [0.25, 0.3) is 0 Å². The normalized spacial score (nSPS) is 16.7. The number of fused-ring (bicyclic) bond motifs is 1. The number of rotatable bonds is 4. The number of halogens is 4. The molecule has 1 N–H and O–H groups in total. The van der Waals surface area contributed by atoms with Crippen molar-refractivity contribution in [3.05, 3.63) is 40.0 Å². The highest BCUT2D eigenvalue weighted by atomic mass is 32.1. The lowest BCUT2D eigenvalue weighted by molar-refractivity contribution is -0.275. The number of ether oxygens (including phenoxy) is 2. The summed E-state index contributed by atoms with van der Waals surface area (Å²) in [6.07, 6.45) is -4.47. The van der Waals surface area contributed by atoms with Crippen molar-refractivity contribution < 1.29 is 31.8 Å². The van der Waals surface area contributed by atoms with Gasteiger partial charge in [-0.2, -0.15) is 0 Å². The Labute approximate surface area is 143 Å². The summed E-state index contributed by atoms with van der Waals surface area (Å²) < 4.78 is 58.9. The molecule has 0 saturated carbocycles. The Bertz CT molecular complexity index is 778. The van der Waals surface area contributed by atoms with Gasteiger partial charge in [0.25, 0.3) is 0 Å². The topological polar surface area (TPSA) is 60.5 Å². The van der Waals surface area contributed by atoms with Crippen LogP contribution in [0.3, 0.4) is 0 Å². The lowest BCUT2D eigenvalue weighted by Gasteiger charge is -2.21. The maximum atomic E-state index is 13.7. The Balaban J connectivity index is 1.63. The monoisotopic (exact) mass is 376 g/mol. The second-order valence-corrected chi connectivity index (χ2v) is 6.13. The van der Waals surface area contributed by atoms with Crippen LogP contribution in [0.4, 0.5) is 17.6 Å². The van der Waals surface area contributed by atoms with E-state index in [1.807, 2.05) is 0 Å². The number of alkyl halides is 3. The zero-order valence-electron chi connectivity index (χ0n) is 12.6. The number of nitrogens with zero attached hydrogens (tertiary/aromatic N) is 1. The summed E-state index contributed by atoms with van der Waals surface area (Å²) in [6.45, 7) is 0.348. The number of nitrogens with one attached hydrogen (secondary N) is 1. The Kier molecular flexibility index (Phi) is 4.80. The number of carbonyl (C=O) groups excluding carboxylic acids is 1. The minimum Gasteiger partial charge on any atom is -0.477 e. The second-order valence-electron chi connectivity index (χ2n) is 5.24. The first-order chi connectivity index (χ1) is 11.8. The van der Waals surface area contributed by atoms with Crippen molar-refractivity contribution in [3.8, 4) is 11.6 Å². The van der Waals surface area contributed by atoms with E-state index >= 15 is 0 Å². The average Bonchev–Trinajstić information content (AvgIpc) is 3.02. The first kappa shape index (κ1) is 17.5. The molecule has 2 aromatic rings. The highest BCUT2D eigenvalue weighted by Crippen LogP contribution is 2.36. The predicted octanol–water partition coefficient (Wildman–Crippen LogP) is 3.36. The van der Waals surface area contributed by atoms with E-state index in [1.54, 1.807) is 5.51 Å². The fraction of sp³-hybridized carbons (Fsp3) is 0.333. The maximum absolute atomic E-state index is 13.7. The molecular weight excluding hydrogens is 364 g/mol. The van der Waals surface area contributed by atoms with Gasteiger partial charge in [0.15, 0.2) is 11.6 Å². The average molecular weight is 376 g/mol. The molecule has 1 aromatic heterocycles. The van der Waals surface area contributed by atoms with Gasteiger partial charge < -0.3 is 14.8 Å². The van der Waals surface area contributed by atoms with E-state index in [4.69, 9.17) is 4.74 Å². The Morgan fingerprint density at radius 3 is 2.96 bits per heavy atom. The summed E-state index contributed by atoms with van der Waals surface area (Å²) in [6, 6.07) is 3.02. The molecule has 0 radical (unpaired) electrons. The number of hydrogen-bond acceptors (Lipinski definition) is 5. The van der Waals surface area contributed by atoms with Gasteiger partial charge in [-0.15, -0.1) is 24.5 Å². The molecule has 1 aromatic carbocycles. The van der Waals surface area contributed by atoms with Crippen molar-refractivity contribution in [1.82, 2.24) is 10.3 Å². The summed E-state index contributed by atoms with van der Waals surface area (Å²) in [5.74, 6) is -2.31. The molecule has 10 heteroatoms. The van der Waals surface area contributed by atoms with Crippen LogP contribution in [0.15, 0.2) is 23.7 Å². The lowest BCUT2D eigenvalue weighted by atomic mass is 10.0. The van der Waals surface area contributed by atoms with E-state index in [9.17, 15) is 22.4 Å². The molecule has 1 aliphatic rings. The number of amides is 1. The van der Waals surface area contributed by atoms with E-state index in [0.29, 0.717) is 24.5 Å². The first-order valence-corrected chi connectivity index (χ1v) is 8.09. The quantitative estimate of drug-likeness (QED) is 0.832. The van der Waals surface area contributed by atoms with Crippen LogP contribution in [-0.4, -0.2) is 23.9 Å². The van der Waals surface area contributed by atoms with E-state index in [0.717, 1.165) is 17.0 Å².